The molecule has 0 atom stereocenters. The van der Waals surface area contributed by atoms with Crippen molar-refractivity contribution in [1.29, 1.82) is 0 Å². The van der Waals surface area contributed by atoms with E-state index in [0.717, 1.165) is 0 Å². The van der Waals surface area contributed by atoms with Crippen molar-refractivity contribution in [3.05, 3.63) is 22.4 Å². The first kappa shape index (κ1) is 11.3. The average molecular weight is 271 g/mol. The van der Waals surface area contributed by atoms with E-state index in [1.807, 2.05) is 0 Å². The lowest BCUT2D eigenvalue weighted by Crippen LogP contribution is -2.19. The van der Waals surface area contributed by atoms with E-state index in [-0.39, 0.29) is 22.5 Å². The van der Waals surface area contributed by atoms with Crippen LogP contribution in [-0.2, 0) is 6.54 Å². The van der Waals surface area contributed by atoms with Crippen molar-refractivity contribution >= 4 is 15.9 Å². The maximum absolute atomic E-state index is 11.9. The van der Waals surface area contributed by atoms with Crippen LogP contribution in [0.4, 0.5) is 13.2 Å². The lowest BCUT2D eigenvalue weighted by molar-refractivity contribution is -0.275. The van der Waals surface area contributed by atoms with Crippen LogP contribution in [0.25, 0.3) is 0 Å². The summed E-state index contributed by atoms with van der Waals surface area (Å²) in [6, 6.07) is 1.35. The fraction of sp³-hybridized carbons (Fsp3) is 0.286. The molecule has 1 aromatic rings. The standard InChI is InChI=1S/C7H6BrF3N2O/c8-4-1-2-13-5(3-12)6(4)14-7(9,10)11/h1-2H,3,12H2. The van der Waals surface area contributed by atoms with Crippen molar-refractivity contribution in [2.45, 2.75) is 12.9 Å². The molecule has 1 heterocycles. The van der Waals surface area contributed by atoms with Crippen molar-refractivity contribution in [2.75, 3.05) is 0 Å². The van der Waals surface area contributed by atoms with Crippen molar-refractivity contribution in [2.24, 2.45) is 5.73 Å². The zero-order chi connectivity index (χ0) is 10.8. The van der Waals surface area contributed by atoms with E-state index in [0.29, 0.717) is 0 Å². The number of nitrogens with two attached hydrogens (primary N) is 1. The number of rotatable bonds is 2. The first-order valence-electron chi connectivity index (χ1n) is 3.53. The maximum Gasteiger partial charge on any atom is 0.573 e. The van der Waals surface area contributed by atoms with Gasteiger partial charge < -0.3 is 10.5 Å². The van der Waals surface area contributed by atoms with Crippen LogP contribution in [0.15, 0.2) is 16.7 Å². The molecule has 0 saturated carbocycles. The molecular weight excluding hydrogens is 265 g/mol. The Labute approximate surface area is 86.2 Å². The van der Waals surface area contributed by atoms with Crippen LogP contribution in [0.1, 0.15) is 5.69 Å². The third-order valence-corrected chi connectivity index (χ3v) is 1.97. The molecule has 0 aliphatic heterocycles. The lowest BCUT2D eigenvalue weighted by Gasteiger charge is -2.12. The van der Waals surface area contributed by atoms with E-state index in [2.05, 4.69) is 25.7 Å². The molecule has 0 spiro atoms. The van der Waals surface area contributed by atoms with Crippen LogP contribution in [0, 0.1) is 0 Å². The molecule has 0 aliphatic carbocycles. The Morgan fingerprint density at radius 2 is 2.14 bits per heavy atom. The molecule has 14 heavy (non-hydrogen) atoms. The molecule has 2 N–H and O–H groups in total. The van der Waals surface area contributed by atoms with E-state index in [1.54, 1.807) is 0 Å². The first-order valence-corrected chi connectivity index (χ1v) is 4.32. The summed E-state index contributed by atoms with van der Waals surface area (Å²) in [5, 5.41) is 0. The Balaban J connectivity index is 3.05. The molecule has 0 unspecified atom stereocenters. The third-order valence-electron chi connectivity index (χ3n) is 1.34. The predicted molar refractivity (Wildman–Crippen MR) is 46.5 cm³/mol. The monoisotopic (exact) mass is 270 g/mol. The Kier molecular flexibility index (Phi) is 3.33. The van der Waals surface area contributed by atoms with Gasteiger partial charge in [0, 0.05) is 12.7 Å². The molecule has 0 fully saturated rings. The van der Waals surface area contributed by atoms with Gasteiger partial charge in [-0.25, -0.2) is 0 Å². The van der Waals surface area contributed by atoms with Crippen molar-refractivity contribution in [3.8, 4) is 5.75 Å². The molecule has 0 aromatic carbocycles. The molecule has 7 heteroatoms. The maximum atomic E-state index is 11.9. The molecule has 0 radical (unpaired) electrons. The smallest absolute Gasteiger partial charge is 0.403 e. The number of nitrogens with zero attached hydrogens (tertiary/aromatic N) is 1. The van der Waals surface area contributed by atoms with Gasteiger partial charge >= 0.3 is 6.36 Å². The molecule has 0 aliphatic rings. The molecule has 0 saturated heterocycles. The number of ether oxygens (including phenoxy) is 1. The molecular formula is C7H6BrF3N2O. The molecule has 0 amide bonds. The molecule has 1 rings (SSSR count). The lowest BCUT2D eigenvalue weighted by atomic mass is 10.3. The fourth-order valence-electron chi connectivity index (χ4n) is 0.834. The SMILES string of the molecule is NCc1nccc(Br)c1OC(F)(F)F. The predicted octanol–water partition coefficient (Wildman–Crippen LogP) is 2.20. The van der Waals surface area contributed by atoms with Crippen molar-refractivity contribution < 1.29 is 17.9 Å². The minimum absolute atomic E-state index is 0.0525. The summed E-state index contributed by atoms with van der Waals surface area (Å²) in [4.78, 5) is 3.66. The zero-order valence-electron chi connectivity index (χ0n) is 6.81. The van der Waals surface area contributed by atoms with Crippen LogP contribution in [-0.4, -0.2) is 11.3 Å². The van der Waals surface area contributed by atoms with Gasteiger partial charge in [0.25, 0.3) is 0 Å². The van der Waals surface area contributed by atoms with Crippen LogP contribution in [0.5, 0.6) is 5.75 Å². The Bertz CT molecular complexity index is 329. The highest BCUT2D eigenvalue weighted by Gasteiger charge is 2.33. The second-order valence-corrected chi connectivity index (χ2v) is 3.17. The number of hydrogen-bond acceptors (Lipinski definition) is 3. The highest BCUT2D eigenvalue weighted by atomic mass is 79.9. The summed E-state index contributed by atoms with van der Waals surface area (Å²) in [5.41, 5.74) is 5.26. The van der Waals surface area contributed by atoms with Crippen molar-refractivity contribution in [3.63, 3.8) is 0 Å². The summed E-state index contributed by atoms with van der Waals surface area (Å²) in [6.45, 7) is -0.120. The summed E-state index contributed by atoms with van der Waals surface area (Å²) in [6.07, 6.45) is -3.40. The van der Waals surface area contributed by atoms with E-state index in [4.69, 9.17) is 5.73 Å². The van der Waals surface area contributed by atoms with Gasteiger partial charge in [0.2, 0.25) is 0 Å². The first-order chi connectivity index (χ1) is 6.44. The summed E-state index contributed by atoms with van der Waals surface area (Å²) in [5.74, 6) is -0.387. The van der Waals surface area contributed by atoms with Gasteiger partial charge in [-0.1, -0.05) is 0 Å². The Morgan fingerprint density at radius 1 is 1.50 bits per heavy atom. The molecule has 3 nitrogen and oxygen atoms in total. The van der Waals surface area contributed by atoms with Crippen LogP contribution in [0.2, 0.25) is 0 Å². The number of hydrogen-bond donors (Lipinski definition) is 1. The third kappa shape index (κ3) is 2.85. The van der Waals surface area contributed by atoms with Gasteiger partial charge in [-0.3, -0.25) is 4.98 Å². The fourth-order valence-corrected chi connectivity index (χ4v) is 1.26. The van der Waals surface area contributed by atoms with E-state index in [1.165, 1.54) is 12.3 Å². The number of aromatic nitrogens is 1. The number of halogens is 4. The Morgan fingerprint density at radius 3 is 2.64 bits per heavy atom. The molecule has 0 bridgehead atoms. The van der Waals surface area contributed by atoms with E-state index in [9.17, 15) is 13.2 Å². The highest BCUT2D eigenvalue weighted by Crippen LogP contribution is 2.32. The van der Waals surface area contributed by atoms with Gasteiger partial charge in [0.15, 0.2) is 5.75 Å². The number of pyridine rings is 1. The summed E-state index contributed by atoms with van der Waals surface area (Å²) >= 11 is 2.92. The topological polar surface area (TPSA) is 48.1 Å². The molecule has 1 aromatic heterocycles. The minimum atomic E-state index is -4.74. The number of alkyl halides is 3. The second kappa shape index (κ2) is 4.14. The quantitative estimate of drug-likeness (QED) is 0.897. The van der Waals surface area contributed by atoms with Gasteiger partial charge in [-0.15, -0.1) is 13.2 Å². The zero-order valence-corrected chi connectivity index (χ0v) is 8.39. The largest absolute Gasteiger partial charge is 0.573 e. The normalized spacial score (nSPS) is 11.5. The van der Waals surface area contributed by atoms with Crippen LogP contribution in [0.3, 0.4) is 0 Å². The average Bonchev–Trinajstić information content (AvgIpc) is 2.06. The summed E-state index contributed by atoms with van der Waals surface area (Å²) in [7, 11) is 0. The molecule has 78 valence electrons. The van der Waals surface area contributed by atoms with Gasteiger partial charge in [0.05, 0.1) is 10.2 Å². The van der Waals surface area contributed by atoms with Crippen molar-refractivity contribution in [1.82, 2.24) is 4.98 Å². The second-order valence-electron chi connectivity index (χ2n) is 2.32. The van der Waals surface area contributed by atoms with Gasteiger partial charge in [0.1, 0.15) is 0 Å². The van der Waals surface area contributed by atoms with Crippen LogP contribution >= 0.6 is 15.9 Å². The van der Waals surface area contributed by atoms with Crippen LogP contribution < -0.4 is 10.5 Å². The highest BCUT2D eigenvalue weighted by molar-refractivity contribution is 9.10. The summed E-state index contributed by atoms with van der Waals surface area (Å²) < 4.78 is 39.7. The minimum Gasteiger partial charge on any atom is -0.403 e. The van der Waals surface area contributed by atoms with Gasteiger partial charge in [-0.2, -0.15) is 0 Å². The van der Waals surface area contributed by atoms with E-state index < -0.39 is 6.36 Å². The Hall–Kier alpha value is -0.820. The van der Waals surface area contributed by atoms with Gasteiger partial charge in [-0.05, 0) is 22.0 Å². The van der Waals surface area contributed by atoms with E-state index >= 15 is 0 Å².